The number of esters is 1. The molecular formula is C13H15ClO5. The van der Waals surface area contributed by atoms with E-state index >= 15 is 0 Å². The molecule has 1 N–H and O–H groups in total. The number of ether oxygens (including phenoxy) is 2. The number of carbonyl (C=O) groups excluding carboxylic acids is 1. The van der Waals surface area contributed by atoms with Crippen LogP contribution in [0.25, 0.3) is 0 Å². The summed E-state index contributed by atoms with van der Waals surface area (Å²) in [5, 5.41) is 8.93. The molecule has 0 radical (unpaired) electrons. The van der Waals surface area contributed by atoms with Gasteiger partial charge in [-0.05, 0) is 31.5 Å². The average molecular weight is 287 g/mol. The van der Waals surface area contributed by atoms with Crippen LogP contribution in [0, 0.1) is 0 Å². The van der Waals surface area contributed by atoms with Crippen molar-refractivity contribution in [2.75, 3.05) is 6.61 Å². The lowest BCUT2D eigenvalue weighted by molar-refractivity contribution is -0.150. The second-order valence-corrected chi connectivity index (χ2v) is 4.25. The second-order valence-electron chi connectivity index (χ2n) is 3.85. The number of hydrogen-bond donors (Lipinski definition) is 1. The smallest absolute Gasteiger partial charge is 0.347 e. The number of benzene rings is 1. The third kappa shape index (κ3) is 4.79. The monoisotopic (exact) mass is 286 g/mol. The Labute approximate surface area is 116 Å². The summed E-state index contributed by atoms with van der Waals surface area (Å²) < 4.78 is 10.2. The van der Waals surface area contributed by atoms with Gasteiger partial charge in [-0.3, -0.25) is 4.79 Å². The summed E-state index contributed by atoms with van der Waals surface area (Å²) in [6, 6.07) is 4.63. The number of halogens is 1. The van der Waals surface area contributed by atoms with Crippen molar-refractivity contribution in [3.63, 3.8) is 0 Å². The second kappa shape index (κ2) is 6.99. The molecule has 19 heavy (non-hydrogen) atoms. The molecule has 1 unspecified atom stereocenters. The van der Waals surface area contributed by atoms with E-state index in [-0.39, 0.29) is 18.1 Å². The van der Waals surface area contributed by atoms with Crippen molar-refractivity contribution in [1.82, 2.24) is 0 Å². The first kappa shape index (κ1) is 15.3. The van der Waals surface area contributed by atoms with E-state index < -0.39 is 18.0 Å². The Morgan fingerprint density at radius 2 is 2.11 bits per heavy atom. The van der Waals surface area contributed by atoms with Crippen molar-refractivity contribution in [3.05, 3.63) is 28.8 Å². The van der Waals surface area contributed by atoms with Crippen molar-refractivity contribution < 1.29 is 24.2 Å². The molecule has 5 nitrogen and oxygen atoms in total. The molecule has 0 aliphatic carbocycles. The molecule has 6 heteroatoms. The van der Waals surface area contributed by atoms with Crippen LogP contribution in [0.5, 0.6) is 5.75 Å². The molecule has 1 aromatic rings. The zero-order valence-corrected chi connectivity index (χ0v) is 11.4. The van der Waals surface area contributed by atoms with Crippen LogP contribution in [0.3, 0.4) is 0 Å². The van der Waals surface area contributed by atoms with Crippen LogP contribution in [0.2, 0.25) is 5.02 Å². The molecule has 104 valence electrons. The van der Waals surface area contributed by atoms with Gasteiger partial charge in [0.1, 0.15) is 5.75 Å². The van der Waals surface area contributed by atoms with E-state index in [0.717, 1.165) is 0 Å². The van der Waals surface area contributed by atoms with E-state index in [0.29, 0.717) is 11.3 Å². The molecule has 1 aromatic carbocycles. The van der Waals surface area contributed by atoms with Gasteiger partial charge in [0.25, 0.3) is 0 Å². The zero-order valence-electron chi connectivity index (χ0n) is 10.7. The Morgan fingerprint density at radius 1 is 1.42 bits per heavy atom. The third-order valence-corrected chi connectivity index (χ3v) is 2.57. The molecule has 1 rings (SSSR count). The standard InChI is InChI=1S/C13H15ClO5/c1-3-18-13(17)8(2)19-11-5-4-9(6-10(11)14)7-12(15)16/h4-6,8H,3,7H2,1-2H3,(H,15,16). The topological polar surface area (TPSA) is 72.8 Å². The van der Waals surface area contributed by atoms with Gasteiger partial charge >= 0.3 is 11.9 Å². The van der Waals surface area contributed by atoms with E-state index in [4.69, 9.17) is 26.2 Å². The van der Waals surface area contributed by atoms with E-state index in [1.54, 1.807) is 19.9 Å². The first-order valence-electron chi connectivity index (χ1n) is 5.77. The van der Waals surface area contributed by atoms with Crippen LogP contribution in [-0.4, -0.2) is 29.8 Å². The van der Waals surface area contributed by atoms with Crippen LogP contribution in [0.4, 0.5) is 0 Å². The molecule has 0 fully saturated rings. The number of carbonyl (C=O) groups is 2. The summed E-state index contributed by atoms with van der Waals surface area (Å²) in [6.07, 6.45) is -0.893. The molecule has 0 spiro atoms. The number of aliphatic carboxylic acids is 1. The maximum atomic E-state index is 11.4. The van der Waals surface area contributed by atoms with Gasteiger partial charge in [0.2, 0.25) is 0 Å². The number of carboxylic acids is 1. The number of hydrogen-bond acceptors (Lipinski definition) is 4. The van der Waals surface area contributed by atoms with Gasteiger partial charge in [0, 0.05) is 0 Å². The maximum absolute atomic E-state index is 11.4. The van der Waals surface area contributed by atoms with Crippen molar-refractivity contribution in [2.24, 2.45) is 0 Å². The van der Waals surface area contributed by atoms with Gasteiger partial charge in [-0.25, -0.2) is 4.79 Å². The van der Waals surface area contributed by atoms with Crippen molar-refractivity contribution >= 4 is 23.5 Å². The molecule has 0 saturated heterocycles. The predicted octanol–water partition coefficient (Wildman–Crippen LogP) is 2.30. The SMILES string of the molecule is CCOC(=O)C(C)Oc1ccc(CC(=O)O)cc1Cl. The van der Waals surface area contributed by atoms with E-state index in [1.807, 2.05) is 0 Å². The lowest BCUT2D eigenvalue weighted by Crippen LogP contribution is -2.26. The fourth-order valence-electron chi connectivity index (χ4n) is 1.42. The normalized spacial score (nSPS) is 11.7. The third-order valence-electron chi connectivity index (χ3n) is 2.27. The summed E-state index contributed by atoms with van der Waals surface area (Å²) in [4.78, 5) is 22.0. The Bertz CT molecular complexity index is 472. The largest absolute Gasteiger partial charge is 0.481 e. The minimum absolute atomic E-state index is 0.118. The highest BCUT2D eigenvalue weighted by Crippen LogP contribution is 2.26. The maximum Gasteiger partial charge on any atom is 0.347 e. The van der Waals surface area contributed by atoms with Crippen LogP contribution < -0.4 is 4.74 Å². The van der Waals surface area contributed by atoms with Crippen LogP contribution >= 0.6 is 11.6 Å². The average Bonchev–Trinajstić information content (AvgIpc) is 2.32. The van der Waals surface area contributed by atoms with E-state index in [9.17, 15) is 9.59 Å². The van der Waals surface area contributed by atoms with E-state index in [1.165, 1.54) is 12.1 Å². The van der Waals surface area contributed by atoms with E-state index in [2.05, 4.69) is 0 Å². The van der Waals surface area contributed by atoms with Gasteiger partial charge in [-0.2, -0.15) is 0 Å². The predicted molar refractivity (Wildman–Crippen MR) is 69.5 cm³/mol. The lowest BCUT2D eigenvalue weighted by atomic mass is 10.1. The van der Waals surface area contributed by atoms with Crippen molar-refractivity contribution in [2.45, 2.75) is 26.4 Å². The van der Waals surface area contributed by atoms with Crippen LogP contribution in [0.15, 0.2) is 18.2 Å². The quantitative estimate of drug-likeness (QED) is 0.812. The fourth-order valence-corrected chi connectivity index (χ4v) is 1.67. The molecule has 0 heterocycles. The van der Waals surface area contributed by atoms with Gasteiger partial charge in [0.05, 0.1) is 18.1 Å². The Kier molecular flexibility index (Phi) is 5.63. The molecule has 0 aliphatic heterocycles. The highest BCUT2D eigenvalue weighted by molar-refractivity contribution is 6.32. The molecule has 0 aromatic heterocycles. The van der Waals surface area contributed by atoms with Crippen molar-refractivity contribution in [1.29, 1.82) is 0 Å². The summed E-state index contributed by atoms with van der Waals surface area (Å²) in [5.74, 6) is -1.10. The molecular weight excluding hydrogens is 272 g/mol. The van der Waals surface area contributed by atoms with Crippen LogP contribution in [0.1, 0.15) is 19.4 Å². The molecule has 0 saturated carbocycles. The molecule has 1 atom stereocenters. The first-order valence-corrected chi connectivity index (χ1v) is 6.15. The molecule has 0 bridgehead atoms. The van der Waals surface area contributed by atoms with Gasteiger partial charge in [-0.1, -0.05) is 17.7 Å². The summed E-state index contributed by atoms with van der Waals surface area (Å²) in [5.41, 5.74) is 0.564. The Balaban J connectivity index is 2.74. The lowest BCUT2D eigenvalue weighted by Gasteiger charge is -2.14. The number of carboxylic acid groups (broad SMARTS) is 1. The minimum atomic E-state index is -0.940. The first-order chi connectivity index (χ1) is 8.93. The highest BCUT2D eigenvalue weighted by atomic mass is 35.5. The number of rotatable bonds is 6. The Morgan fingerprint density at radius 3 is 2.63 bits per heavy atom. The molecule has 0 aliphatic rings. The van der Waals surface area contributed by atoms with Gasteiger partial charge in [-0.15, -0.1) is 0 Å². The Hall–Kier alpha value is -1.75. The summed E-state index contributed by atoms with van der Waals surface area (Å²) >= 11 is 5.97. The van der Waals surface area contributed by atoms with Gasteiger partial charge < -0.3 is 14.6 Å². The summed E-state index contributed by atoms with van der Waals surface area (Å²) in [6.45, 7) is 3.54. The van der Waals surface area contributed by atoms with Gasteiger partial charge in [0.15, 0.2) is 6.10 Å². The summed E-state index contributed by atoms with van der Waals surface area (Å²) in [7, 11) is 0. The highest BCUT2D eigenvalue weighted by Gasteiger charge is 2.17. The minimum Gasteiger partial charge on any atom is -0.481 e. The van der Waals surface area contributed by atoms with Crippen molar-refractivity contribution in [3.8, 4) is 5.75 Å². The van der Waals surface area contributed by atoms with Crippen LogP contribution in [-0.2, 0) is 20.7 Å². The molecule has 0 amide bonds. The zero-order chi connectivity index (χ0) is 14.4. The fraction of sp³-hybridized carbons (Fsp3) is 0.385.